The Morgan fingerprint density at radius 1 is 1.12 bits per heavy atom. The SMILES string of the molecule is CCCC(C)CC1(c2ccccc2)CCC2(CC1)CN(CC(=O)Nc1cccc(C(=N)OC)n1)C(=O)N2CC1CCC1. The lowest BCUT2D eigenvalue weighted by molar-refractivity contribution is -0.116. The van der Waals surface area contributed by atoms with Crippen LogP contribution in [0.4, 0.5) is 10.6 Å². The van der Waals surface area contributed by atoms with Crippen molar-refractivity contribution in [3.05, 3.63) is 59.8 Å². The lowest BCUT2D eigenvalue weighted by Crippen LogP contribution is -2.54. The van der Waals surface area contributed by atoms with Crippen LogP contribution >= 0.6 is 0 Å². The van der Waals surface area contributed by atoms with Crippen molar-refractivity contribution in [2.45, 2.75) is 89.0 Å². The van der Waals surface area contributed by atoms with E-state index in [1.165, 1.54) is 51.2 Å². The fourth-order valence-electron chi connectivity index (χ4n) is 7.59. The molecule has 42 heavy (non-hydrogen) atoms. The molecule has 1 aliphatic heterocycles. The number of hydrogen-bond acceptors (Lipinski definition) is 5. The molecular weight excluding hydrogens is 526 g/mol. The number of anilines is 1. The van der Waals surface area contributed by atoms with E-state index in [0.29, 0.717) is 29.9 Å². The summed E-state index contributed by atoms with van der Waals surface area (Å²) in [5, 5.41) is 10.7. The zero-order valence-corrected chi connectivity index (χ0v) is 25.5. The van der Waals surface area contributed by atoms with Gasteiger partial charge in [0.1, 0.15) is 18.1 Å². The van der Waals surface area contributed by atoms with Crippen LogP contribution in [0.2, 0.25) is 0 Å². The molecule has 1 spiro atoms. The van der Waals surface area contributed by atoms with Gasteiger partial charge in [-0.05, 0) is 79.9 Å². The van der Waals surface area contributed by atoms with E-state index in [-0.39, 0.29) is 35.3 Å². The molecule has 2 aliphatic carbocycles. The van der Waals surface area contributed by atoms with Gasteiger partial charge in [-0.2, -0.15) is 0 Å². The summed E-state index contributed by atoms with van der Waals surface area (Å²) in [5.74, 6) is 1.22. The van der Waals surface area contributed by atoms with Gasteiger partial charge in [0.2, 0.25) is 11.8 Å². The molecule has 1 unspecified atom stereocenters. The highest BCUT2D eigenvalue weighted by molar-refractivity contribution is 5.95. The van der Waals surface area contributed by atoms with E-state index in [4.69, 9.17) is 10.1 Å². The van der Waals surface area contributed by atoms with Crippen LogP contribution in [0, 0.1) is 17.2 Å². The molecule has 0 bridgehead atoms. The topological polar surface area (TPSA) is 98.6 Å². The number of ether oxygens (including phenoxy) is 1. The first-order chi connectivity index (χ1) is 20.3. The third-order valence-electron chi connectivity index (χ3n) is 10.1. The molecule has 1 saturated heterocycles. The lowest BCUT2D eigenvalue weighted by Gasteiger charge is -2.50. The zero-order chi connectivity index (χ0) is 29.7. The largest absolute Gasteiger partial charge is 0.480 e. The summed E-state index contributed by atoms with van der Waals surface area (Å²) >= 11 is 0. The van der Waals surface area contributed by atoms with Crippen LogP contribution in [0.3, 0.4) is 0 Å². The molecule has 2 heterocycles. The van der Waals surface area contributed by atoms with Gasteiger partial charge in [0, 0.05) is 13.1 Å². The van der Waals surface area contributed by atoms with Gasteiger partial charge in [0.15, 0.2) is 0 Å². The Balaban J connectivity index is 1.33. The summed E-state index contributed by atoms with van der Waals surface area (Å²) in [5.41, 5.74) is 1.68. The van der Waals surface area contributed by atoms with E-state index >= 15 is 0 Å². The molecule has 226 valence electrons. The number of hydrogen-bond donors (Lipinski definition) is 2. The Labute approximate surface area is 250 Å². The highest BCUT2D eigenvalue weighted by atomic mass is 16.5. The van der Waals surface area contributed by atoms with Crippen LogP contribution in [0.25, 0.3) is 0 Å². The third-order valence-corrected chi connectivity index (χ3v) is 10.1. The van der Waals surface area contributed by atoms with E-state index in [0.717, 1.165) is 32.2 Å². The van der Waals surface area contributed by atoms with Crippen molar-refractivity contribution in [3.63, 3.8) is 0 Å². The molecule has 1 atom stereocenters. The van der Waals surface area contributed by atoms with Crippen LogP contribution in [-0.4, -0.2) is 64.9 Å². The maximum absolute atomic E-state index is 13.9. The van der Waals surface area contributed by atoms with Gasteiger partial charge in [0.25, 0.3) is 0 Å². The number of carbonyl (C=O) groups is 2. The van der Waals surface area contributed by atoms with E-state index in [1.54, 1.807) is 23.1 Å². The van der Waals surface area contributed by atoms with E-state index in [1.807, 2.05) is 0 Å². The number of urea groups is 1. The monoisotopic (exact) mass is 573 g/mol. The van der Waals surface area contributed by atoms with Crippen LogP contribution in [0.5, 0.6) is 0 Å². The second-order valence-electron chi connectivity index (χ2n) is 13.0. The van der Waals surface area contributed by atoms with Crippen molar-refractivity contribution in [1.29, 1.82) is 5.41 Å². The zero-order valence-electron chi connectivity index (χ0n) is 25.5. The standard InChI is InChI=1S/C34H47N5O3/c1-4-10-25(2)21-33(27-13-6-5-7-14-27)17-19-34(20-18-33)24-38(32(41)39(34)22-26-11-8-12-26)23-30(40)37-29-16-9-15-28(36-29)31(35)42-3/h5-7,9,13-16,25-26,35H,4,8,10-12,17-24H2,1-3H3,(H,36,37,40). The summed E-state index contributed by atoms with van der Waals surface area (Å²) in [7, 11) is 1.42. The normalized spacial score (nSPS) is 24.9. The minimum Gasteiger partial charge on any atom is -0.480 e. The molecule has 8 heteroatoms. The van der Waals surface area contributed by atoms with Gasteiger partial charge in [-0.25, -0.2) is 9.78 Å². The smallest absolute Gasteiger partial charge is 0.321 e. The number of benzene rings is 1. The van der Waals surface area contributed by atoms with Crippen molar-refractivity contribution in [2.24, 2.45) is 11.8 Å². The molecule has 1 aromatic heterocycles. The number of nitrogens with one attached hydrogen (secondary N) is 2. The Bertz CT molecular complexity index is 1250. The van der Waals surface area contributed by atoms with E-state index < -0.39 is 0 Å². The van der Waals surface area contributed by atoms with Crippen molar-refractivity contribution < 1.29 is 14.3 Å². The molecule has 3 amide bonds. The predicted octanol–water partition coefficient (Wildman–Crippen LogP) is 6.61. The molecule has 5 rings (SSSR count). The van der Waals surface area contributed by atoms with Gasteiger partial charge in [-0.15, -0.1) is 0 Å². The fraction of sp³-hybridized carbons (Fsp3) is 0.588. The molecule has 3 aliphatic rings. The molecule has 0 radical (unpaired) electrons. The summed E-state index contributed by atoms with van der Waals surface area (Å²) in [4.78, 5) is 35.3. The summed E-state index contributed by atoms with van der Waals surface area (Å²) in [6.07, 6.45) is 11.2. The Morgan fingerprint density at radius 3 is 2.50 bits per heavy atom. The second-order valence-corrected chi connectivity index (χ2v) is 13.0. The first-order valence-corrected chi connectivity index (χ1v) is 15.8. The van der Waals surface area contributed by atoms with Gasteiger partial charge in [0.05, 0.1) is 12.6 Å². The average Bonchev–Trinajstić information content (AvgIpc) is 3.21. The number of carbonyl (C=O) groups excluding carboxylic acids is 2. The van der Waals surface area contributed by atoms with Crippen molar-refractivity contribution >= 4 is 23.7 Å². The molecule has 8 nitrogen and oxygen atoms in total. The molecule has 1 aromatic carbocycles. The predicted molar refractivity (Wildman–Crippen MR) is 166 cm³/mol. The van der Waals surface area contributed by atoms with Gasteiger partial charge in [-0.3, -0.25) is 10.2 Å². The minimum atomic E-state index is -0.277. The van der Waals surface area contributed by atoms with Gasteiger partial charge < -0.3 is 19.9 Å². The van der Waals surface area contributed by atoms with Crippen molar-refractivity contribution in [1.82, 2.24) is 14.8 Å². The number of pyridine rings is 1. The molecule has 2 saturated carbocycles. The van der Waals surface area contributed by atoms with Crippen molar-refractivity contribution in [3.8, 4) is 0 Å². The second kappa shape index (κ2) is 12.8. The number of aromatic nitrogens is 1. The van der Waals surface area contributed by atoms with Gasteiger partial charge >= 0.3 is 6.03 Å². The number of rotatable bonds is 11. The Morgan fingerprint density at radius 2 is 1.86 bits per heavy atom. The van der Waals surface area contributed by atoms with Crippen LogP contribution < -0.4 is 5.32 Å². The molecule has 2 aromatic rings. The molecular formula is C34H47N5O3. The fourth-order valence-corrected chi connectivity index (χ4v) is 7.59. The summed E-state index contributed by atoms with van der Waals surface area (Å²) in [6.45, 7) is 6.04. The Hall–Kier alpha value is -3.42. The van der Waals surface area contributed by atoms with Crippen LogP contribution in [0.15, 0.2) is 48.5 Å². The highest BCUT2D eigenvalue weighted by Crippen LogP contribution is 2.51. The Kier molecular flexibility index (Phi) is 9.19. The van der Waals surface area contributed by atoms with Crippen molar-refractivity contribution in [2.75, 3.05) is 32.1 Å². The highest BCUT2D eigenvalue weighted by Gasteiger charge is 2.54. The van der Waals surface area contributed by atoms with E-state index in [9.17, 15) is 9.59 Å². The van der Waals surface area contributed by atoms with E-state index in [2.05, 4.69) is 59.4 Å². The number of methoxy groups -OCH3 is 1. The first-order valence-electron chi connectivity index (χ1n) is 15.8. The maximum Gasteiger partial charge on any atom is 0.321 e. The summed E-state index contributed by atoms with van der Waals surface area (Å²) < 4.78 is 4.96. The van der Waals surface area contributed by atoms with Crippen LogP contribution in [0.1, 0.15) is 89.3 Å². The summed E-state index contributed by atoms with van der Waals surface area (Å²) in [6, 6.07) is 16.1. The number of nitrogens with zero attached hydrogens (tertiary/aromatic N) is 3. The lowest BCUT2D eigenvalue weighted by atomic mass is 9.60. The quantitative estimate of drug-likeness (QED) is 0.234. The molecule has 3 fully saturated rings. The molecule has 2 N–H and O–H groups in total. The average molecular weight is 574 g/mol. The third kappa shape index (κ3) is 6.32. The minimum absolute atomic E-state index is 0.00720. The van der Waals surface area contributed by atoms with Gasteiger partial charge in [-0.1, -0.05) is 69.5 Å². The maximum atomic E-state index is 13.9. The number of amides is 3. The van der Waals surface area contributed by atoms with Crippen LogP contribution in [-0.2, 0) is 14.9 Å². The first kappa shape index (κ1) is 30.1.